The summed E-state index contributed by atoms with van der Waals surface area (Å²) in [5, 5.41) is 8.82. The highest BCUT2D eigenvalue weighted by Crippen LogP contribution is 2.11. The molecule has 1 aromatic rings. The van der Waals surface area contributed by atoms with Crippen LogP contribution in [0.4, 0.5) is 5.82 Å². The maximum atomic E-state index is 10.8. The van der Waals surface area contributed by atoms with Crippen molar-refractivity contribution in [2.24, 2.45) is 0 Å². The van der Waals surface area contributed by atoms with Crippen LogP contribution in [-0.4, -0.2) is 34.1 Å². The van der Waals surface area contributed by atoms with E-state index in [-0.39, 0.29) is 5.82 Å². The molecule has 15 heavy (non-hydrogen) atoms. The molecule has 0 spiro atoms. The summed E-state index contributed by atoms with van der Waals surface area (Å²) in [6.45, 7) is 7.36. The van der Waals surface area contributed by atoms with Crippen molar-refractivity contribution in [1.82, 2.24) is 9.97 Å². The molecule has 0 radical (unpaired) electrons. The Morgan fingerprint density at radius 3 is 2.47 bits per heavy atom. The van der Waals surface area contributed by atoms with E-state index in [9.17, 15) is 4.79 Å². The van der Waals surface area contributed by atoms with Crippen LogP contribution in [0.2, 0.25) is 0 Å². The monoisotopic (exact) mass is 209 g/mol. The molecule has 1 rings (SSSR count). The molecule has 5 heteroatoms. The van der Waals surface area contributed by atoms with Gasteiger partial charge < -0.3 is 10.0 Å². The third kappa shape index (κ3) is 2.65. The number of aromatic carboxylic acids is 1. The number of carbonyl (C=O) groups is 1. The van der Waals surface area contributed by atoms with Crippen molar-refractivity contribution in [3.05, 3.63) is 17.6 Å². The van der Waals surface area contributed by atoms with E-state index in [4.69, 9.17) is 5.11 Å². The van der Waals surface area contributed by atoms with Gasteiger partial charge in [-0.25, -0.2) is 14.8 Å². The average Bonchev–Trinajstić information content (AvgIpc) is 2.18. The molecular weight excluding hydrogens is 194 g/mol. The highest BCUT2D eigenvalue weighted by Gasteiger charge is 2.11. The molecule has 0 saturated carbocycles. The maximum Gasteiger partial charge on any atom is 0.374 e. The zero-order valence-corrected chi connectivity index (χ0v) is 9.19. The van der Waals surface area contributed by atoms with Crippen LogP contribution in [0.1, 0.15) is 30.2 Å². The van der Waals surface area contributed by atoms with Crippen molar-refractivity contribution in [1.29, 1.82) is 0 Å². The van der Waals surface area contributed by atoms with Crippen molar-refractivity contribution in [2.75, 3.05) is 18.0 Å². The molecule has 5 nitrogen and oxygen atoms in total. The number of carboxylic acids is 1. The van der Waals surface area contributed by atoms with Crippen molar-refractivity contribution in [3.8, 4) is 0 Å². The summed E-state index contributed by atoms with van der Waals surface area (Å²) in [5.41, 5.74) is 0.671. The summed E-state index contributed by atoms with van der Waals surface area (Å²) < 4.78 is 0. The van der Waals surface area contributed by atoms with Gasteiger partial charge in [-0.05, 0) is 20.8 Å². The van der Waals surface area contributed by atoms with Gasteiger partial charge in [-0.3, -0.25) is 0 Å². The van der Waals surface area contributed by atoms with Crippen LogP contribution in [0.3, 0.4) is 0 Å². The van der Waals surface area contributed by atoms with Crippen LogP contribution in [0.15, 0.2) is 6.07 Å². The van der Waals surface area contributed by atoms with Crippen LogP contribution in [0, 0.1) is 6.92 Å². The summed E-state index contributed by atoms with van der Waals surface area (Å²) in [4.78, 5) is 20.6. The summed E-state index contributed by atoms with van der Waals surface area (Å²) in [6, 6.07) is 1.79. The highest BCUT2D eigenvalue weighted by molar-refractivity contribution is 5.83. The molecule has 0 aromatic carbocycles. The topological polar surface area (TPSA) is 66.3 Å². The maximum absolute atomic E-state index is 10.8. The standard InChI is InChI=1S/C10H15N3O2/c1-4-13(5-2)8-6-7(3)11-9(12-8)10(14)15/h6H,4-5H2,1-3H3,(H,14,15). The lowest BCUT2D eigenvalue weighted by molar-refractivity contribution is 0.0683. The summed E-state index contributed by atoms with van der Waals surface area (Å²) >= 11 is 0. The number of hydrogen-bond donors (Lipinski definition) is 1. The van der Waals surface area contributed by atoms with Gasteiger partial charge in [0, 0.05) is 24.8 Å². The van der Waals surface area contributed by atoms with Gasteiger partial charge in [0.1, 0.15) is 5.82 Å². The number of anilines is 1. The Morgan fingerprint density at radius 1 is 1.40 bits per heavy atom. The van der Waals surface area contributed by atoms with Crippen LogP contribution in [-0.2, 0) is 0 Å². The normalized spacial score (nSPS) is 10.1. The second-order valence-corrected chi connectivity index (χ2v) is 3.17. The minimum atomic E-state index is -1.09. The lowest BCUT2D eigenvalue weighted by Gasteiger charge is -2.19. The molecule has 0 unspecified atom stereocenters. The molecular formula is C10H15N3O2. The molecule has 0 amide bonds. The molecule has 0 aliphatic carbocycles. The van der Waals surface area contributed by atoms with Crippen molar-refractivity contribution in [2.45, 2.75) is 20.8 Å². The predicted molar refractivity (Wildman–Crippen MR) is 57.3 cm³/mol. The first-order valence-electron chi connectivity index (χ1n) is 4.92. The fourth-order valence-corrected chi connectivity index (χ4v) is 1.36. The minimum absolute atomic E-state index is 0.142. The van der Waals surface area contributed by atoms with E-state index in [1.807, 2.05) is 18.7 Å². The fourth-order valence-electron chi connectivity index (χ4n) is 1.36. The number of aromatic nitrogens is 2. The Kier molecular flexibility index (Phi) is 3.60. The van der Waals surface area contributed by atoms with Gasteiger partial charge in [0.05, 0.1) is 0 Å². The predicted octanol–water partition coefficient (Wildman–Crippen LogP) is 1.33. The fraction of sp³-hybridized carbons (Fsp3) is 0.500. The zero-order chi connectivity index (χ0) is 11.4. The van der Waals surface area contributed by atoms with Gasteiger partial charge >= 0.3 is 5.97 Å². The number of carboxylic acid groups (broad SMARTS) is 1. The van der Waals surface area contributed by atoms with Crippen molar-refractivity contribution in [3.63, 3.8) is 0 Å². The third-order valence-electron chi connectivity index (χ3n) is 2.12. The number of hydrogen-bond acceptors (Lipinski definition) is 4. The summed E-state index contributed by atoms with van der Waals surface area (Å²) in [6.07, 6.45) is 0. The Bertz CT molecular complexity index is 362. The molecule has 1 N–H and O–H groups in total. The highest BCUT2D eigenvalue weighted by atomic mass is 16.4. The summed E-state index contributed by atoms with van der Waals surface area (Å²) in [5.74, 6) is -0.561. The Balaban J connectivity index is 3.13. The van der Waals surface area contributed by atoms with Gasteiger partial charge in [-0.1, -0.05) is 0 Å². The van der Waals surface area contributed by atoms with Crippen molar-refractivity contribution >= 4 is 11.8 Å². The van der Waals surface area contributed by atoms with E-state index >= 15 is 0 Å². The van der Waals surface area contributed by atoms with Crippen LogP contribution in [0.25, 0.3) is 0 Å². The smallest absolute Gasteiger partial charge is 0.374 e. The van der Waals surface area contributed by atoms with E-state index in [1.165, 1.54) is 0 Å². The largest absolute Gasteiger partial charge is 0.475 e. The molecule has 0 aliphatic rings. The Morgan fingerprint density at radius 2 is 2.00 bits per heavy atom. The molecule has 0 bridgehead atoms. The van der Waals surface area contributed by atoms with Gasteiger partial charge in [-0.15, -0.1) is 0 Å². The summed E-state index contributed by atoms with van der Waals surface area (Å²) in [7, 11) is 0. The molecule has 0 fully saturated rings. The first-order chi connectivity index (χ1) is 7.08. The van der Waals surface area contributed by atoms with E-state index < -0.39 is 5.97 Å². The van der Waals surface area contributed by atoms with Gasteiger partial charge in [-0.2, -0.15) is 0 Å². The van der Waals surface area contributed by atoms with E-state index in [0.717, 1.165) is 13.1 Å². The van der Waals surface area contributed by atoms with Gasteiger partial charge in [0.15, 0.2) is 0 Å². The average molecular weight is 209 g/mol. The second-order valence-electron chi connectivity index (χ2n) is 3.17. The van der Waals surface area contributed by atoms with E-state index in [2.05, 4.69) is 9.97 Å². The zero-order valence-electron chi connectivity index (χ0n) is 9.19. The van der Waals surface area contributed by atoms with E-state index in [0.29, 0.717) is 11.5 Å². The Hall–Kier alpha value is -1.65. The third-order valence-corrected chi connectivity index (χ3v) is 2.12. The molecule has 1 aromatic heterocycles. The van der Waals surface area contributed by atoms with E-state index in [1.54, 1.807) is 13.0 Å². The quantitative estimate of drug-likeness (QED) is 0.810. The number of rotatable bonds is 4. The molecule has 0 aliphatic heterocycles. The van der Waals surface area contributed by atoms with Crippen LogP contribution in [0.5, 0.6) is 0 Å². The second kappa shape index (κ2) is 4.72. The van der Waals surface area contributed by atoms with Gasteiger partial charge in [0.25, 0.3) is 0 Å². The molecule has 0 saturated heterocycles. The lowest BCUT2D eigenvalue weighted by atomic mass is 10.3. The molecule has 82 valence electrons. The van der Waals surface area contributed by atoms with Gasteiger partial charge in [0.2, 0.25) is 5.82 Å². The molecule has 0 atom stereocenters. The first kappa shape index (κ1) is 11.4. The van der Waals surface area contributed by atoms with Crippen molar-refractivity contribution < 1.29 is 9.90 Å². The number of nitrogens with zero attached hydrogens (tertiary/aromatic N) is 3. The number of aryl methyl sites for hydroxylation is 1. The SMILES string of the molecule is CCN(CC)c1cc(C)nc(C(=O)O)n1. The first-order valence-corrected chi connectivity index (χ1v) is 4.92. The molecule has 1 heterocycles. The van der Waals surface area contributed by atoms with Crippen LogP contribution < -0.4 is 4.90 Å². The van der Waals surface area contributed by atoms with Crippen LogP contribution >= 0.6 is 0 Å². The Labute approximate surface area is 88.8 Å². The minimum Gasteiger partial charge on any atom is -0.475 e. The lowest BCUT2D eigenvalue weighted by Crippen LogP contribution is -2.24.